The number of ether oxygens (including phenoxy) is 2. The summed E-state index contributed by atoms with van der Waals surface area (Å²) in [6.45, 7) is 6.54. The third-order valence-electron chi connectivity index (χ3n) is 4.29. The topological polar surface area (TPSA) is 51.2 Å². The zero-order valence-corrected chi connectivity index (χ0v) is 18.9. The smallest absolute Gasteiger partial charge is 0.311 e. The minimum Gasteiger partial charge on any atom is -0.536 e. The van der Waals surface area contributed by atoms with Crippen molar-refractivity contribution in [3.63, 3.8) is 0 Å². The van der Waals surface area contributed by atoms with Gasteiger partial charge in [-0.15, -0.1) is 0 Å². The second kappa shape index (κ2) is 9.34. The number of aliphatic hydroxyl groups is 1. The lowest BCUT2D eigenvalue weighted by Crippen LogP contribution is -2.15. The molecule has 1 N–H and O–H groups in total. The number of methoxy groups -OCH3 is 2. The molecule has 2 aromatic carbocycles. The quantitative estimate of drug-likeness (QED) is 0.668. The van der Waals surface area contributed by atoms with Crippen LogP contribution in [-0.2, 0) is 0 Å². The Balaban J connectivity index is 2.39. The molecule has 28 heavy (non-hydrogen) atoms. The summed E-state index contributed by atoms with van der Waals surface area (Å²) in [6, 6.07) is 12.4. The van der Waals surface area contributed by atoms with Crippen LogP contribution in [0.4, 0.5) is 5.69 Å². The first kappa shape index (κ1) is 22.1. The number of rotatable bonds is 8. The van der Waals surface area contributed by atoms with Crippen LogP contribution >= 0.6 is 0 Å². The number of nitrogens with zero attached hydrogens (tertiary/aromatic N) is 1. The third-order valence-corrected chi connectivity index (χ3v) is 5.84. The molecule has 0 saturated carbocycles. The summed E-state index contributed by atoms with van der Waals surface area (Å²) < 4.78 is 17.1. The van der Waals surface area contributed by atoms with E-state index in [1.165, 1.54) is 0 Å². The molecule has 2 rings (SSSR count). The van der Waals surface area contributed by atoms with Crippen molar-refractivity contribution in [2.45, 2.75) is 32.9 Å². The largest absolute Gasteiger partial charge is 0.536 e. The van der Waals surface area contributed by atoms with Crippen molar-refractivity contribution in [3.05, 3.63) is 47.5 Å². The minimum atomic E-state index is -0.813. The van der Waals surface area contributed by atoms with E-state index in [4.69, 9.17) is 13.9 Å². The molecule has 0 saturated heterocycles. The van der Waals surface area contributed by atoms with Gasteiger partial charge in [-0.1, -0.05) is 39.0 Å². The zero-order chi connectivity index (χ0) is 20.9. The van der Waals surface area contributed by atoms with Gasteiger partial charge in [-0.2, -0.15) is 0 Å². The zero-order valence-electron chi connectivity index (χ0n) is 17.9. The summed E-state index contributed by atoms with van der Waals surface area (Å²) >= 11 is 0. The molecule has 0 aliphatic carbocycles. The SMILES string of the molecule is COc1cc(C(O)c2ccccc2N(C)C)cc(OC)c1O[Si]CC(C)(C)C. The Labute approximate surface area is 171 Å². The maximum absolute atomic E-state index is 11.1. The molecule has 0 fully saturated rings. The maximum atomic E-state index is 11.1. The maximum Gasteiger partial charge on any atom is 0.311 e. The van der Waals surface area contributed by atoms with Crippen molar-refractivity contribution >= 4 is 15.5 Å². The fourth-order valence-electron chi connectivity index (χ4n) is 2.79. The van der Waals surface area contributed by atoms with Gasteiger partial charge in [0.05, 0.1) is 14.2 Å². The monoisotopic (exact) mass is 401 g/mol. The summed E-state index contributed by atoms with van der Waals surface area (Å²) in [5.41, 5.74) is 2.65. The van der Waals surface area contributed by atoms with Crippen LogP contribution in [-0.4, -0.2) is 43.2 Å². The standard InChI is InChI=1S/C22H31NO4Si/c1-22(2,3)14-28-27-21-18(25-6)12-15(13-19(21)26-7)20(24)16-10-8-9-11-17(16)23(4)5/h8-13,20,24H,14H2,1-7H3. The Morgan fingerprint density at radius 2 is 1.61 bits per heavy atom. The van der Waals surface area contributed by atoms with Crippen LogP contribution in [0.25, 0.3) is 0 Å². The van der Waals surface area contributed by atoms with Crippen LogP contribution in [0.15, 0.2) is 36.4 Å². The molecule has 6 heteroatoms. The Morgan fingerprint density at radius 1 is 1.04 bits per heavy atom. The van der Waals surface area contributed by atoms with E-state index in [0.717, 1.165) is 17.3 Å². The highest BCUT2D eigenvalue weighted by Crippen LogP contribution is 2.42. The highest BCUT2D eigenvalue weighted by molar-refractivity contribution is 6.28. The average molecular weight is 402 g/mol. The Morgan fingerprint density at radius 3 is 2.11 bits per heavy atom. The van der Waals surface area contributed by atoms with Crippen LogP contribution in [0.2, 0.25) is 6.04 Å². The van der Waals surface area contributed by atoms with Crippen molar-refractivity contribution in [1.82, 2.24) is 0 Å². The number of benzene rings is 2. The normalized spacial score (nSPS) is 12.4. The molecule has 0 spiro atoms. The Hall–Kier alpha value is -2.18. The summed E-state index contributed by atoms with van der Waals surface area (Å²) in [7, 11) is 7.40. The molecule has 2 radical (unpaired) electrons. The van der Waals surface area contributed by atoms with E-state index in [9.17, 15) is 5.11 Å². The molecular weight excluding hydrogens is 370 g/mol. The number of aliphatic hydroxyl groups excluding tert-OH is 1. The summed E-state index contributed by atoms with van der Waals surface area (Å²) in [4.78, 5) is 1.98. The Kier molecular flexibility index (Phi) is 7.38. The summed E-state index contributed by atoms with van der Waals surface area (Å²) in [6.07, 6.45) is -0.813. The molecular formula is C22H31NO4Si. The van der Waals surface area contributed by atoms with E-state index in [0.29, 0.717) is 22.8 Å². The summed E-state index contributed by atoms with van der Waals surface area (Å²) in [5, 5.41) is 11.1. The van der Waals surface area contributed by atoms with Crippen molar-refractivity contribution in [2.24, 2.45) is 5.41 Å². The molecule has 0 aliphatic heterocycles. The predicted molar refractivity (Wildman–Crippen MR) is 115 cm³/mol. The Bertz CT molecular complexity index is 761. The average Bonchev–Trinajstić information content (AvgIpc) is 2.66. The molecule has 0 heterocycles. The molecule has 0 amide bonds. The van der Waals surface area contributed by atoms with Gasteiger partial charge < -0.3 is 23.9 Å². The molecule has 5 nitrogen and oxygen atoms in total. The highest BCUT2D eigenvalue weighted by atomic mass is 28.2. The van der Waals surface area contributed by atoms with Gasteiger partial charge in [0.25, 0.3) is 0 Å². The van der Waals surface area contributed by atoms with Crippen LogP contribution in [0.1, 0.15) is 38.0 Å². The summed E-state index contributed by atoms with van der Waals surface area (Å²) in [5.74, 6) is 1.68. The van der Waals surface area contributed by atoms with E-state index < -0.39 is 6.10 Å². The van der Waals surface area contributed by atoms with Crippen LogP contribution in [0.5, 0.6) is 17.2 Å². The van der Waals surface area contributed by atoms with E-state index in [-0.39, 0.29) is 15.2 Å². The van der Waals surface area contributed by atoms with Gasteiger partial charge in [0.1, 0.15) is 6.10 Å². The second-order valence-electron chi connectivity index (χ2n) is 8.09. The molecule has 0 aromatic heterocycles. The molecule has 2 aromatic rings. The molecule has 0 aliphatic rings. The van der Waals surface area contributed by atoms with Crippen molar-refractivity contribution in [3.8, 4) is 17.2 Å². The van der Waals surface area contributed by atoms with Crippen molar-refractivity contribution in [1.29, 1.82) is 0 Å². The fraction of sp³-hybridized carbons (Fsp3) is 0.455. The lowest BCUT2D eigenvalue weighted by molar-refractivity contribution is 0.219. The lowest BCUT2D eigenvalue weighted by atomic mass is 9.98. The number of hydrogen-bond acceptors (Lipinski definition) is 5. The van der Waals surface area contributed by atoms with Crippen molar-refractivity contribution in [2.75, 3.05) is 33.2 Å². The van der Waals surface area contributed by atoms with Gasteiger partial charge in [-0.3, -0.25) is 0 Å². The van der Waals surface area contributed by atoms with E-state index >= 15 is 0 Å². The van der Waals surface area contributed by atoms with Gasteiger partial charge in [0.2, 0.25) is 0 Å². The van der Waals surface area contributed by atoms with Crippen molar-refractivity contribution < 1.29 is 19.0 Å². The van der Waals surface area contributed by atoms with Gasteiger partial charge in [0, 0.05) is 25.3 Å². The first-order valence-corrected chi connectivity index (χ1v) is 10.4. The predicted octanol–water partition coefficient (Wildman–Crippen LogP) is 4.31. The highest BCUT2D eigenvalue weighted by Gasteiger charge is 2.22. The van der Waals surface area contributed by atoms with Gasteiger partial charge in [0.15, 0.2) is 17.2 Å². The third kappa shape index (κ3) is 5.42. The molecule has 1 unspecified atom stereocenters. The minimum absolute atomic E-state index is 0.185. The van der Waals surface area contributed by atoms with E-state index in [2.05, 4.69) is 20.8 Å². The number of para-hydroxylation sites is 1. The van der Waals surface area contributed by atoms with Crippen LogP contribution < -0.4 is 18.8 Å². The van der Waals surface area contributed by atoms with Crippen LogP contribution in [0.3, 0.4) is 0 Å². The molecule has 0 bridgehead atoms. The first-order valence-electron chi connectivity index (χ1n) is 9.28. The van der Waals surface area contributed by atoms with Crippen LogP contribution in [0, 0.1) is 5.41 Å². The fourth-order valence-corrected chi connectivity index (χ4v) is 3.64. The molecule has 1 atom stereocenters. The van der Waals surface area contributed by atoms with Gasteiger partial charge in [-0.25, -0.2) is 0 Å². The van der Waals surface area contributed by atoms with E-state index in [1.807, 2.05) is 55.4 Å². The molecule has 152 valence electrons. The number of hydrogen-bond donors (Lipinski definition) is 1. The van der Waals surface area contributed by atoms with Gasteiger partial charge >= 0.3 is 9.76 Å². The number of anilines is 1. The second-order valence-corrected chi connectivity index (χ2v) is 8.94. The lowest BCUT2D eigenvalue weighted by Gasteiger charge is -2.23. The van der Waals surface area contributed by atoms with Gasteiger partial charge in [-0.05, 0) is 35.2 Å². The van der Waals surface area contributed by atoms with E-state index in [1.54, 1.807) is 14.2 Å². The first-order chi connectivity index (χ1) is 13.2.